The molecule has 2 atom stereocenters. The van der Waals surface area contributed by atoms with Gasteiger partial charge in [0.2, 0.25) is 0 Å². The number of rotatable bonds is 4. The first-order valence-corrected chi connectivity index (χ1v) is 6.54. The van der Waals surface area contributed by atoms with Crippen molar-refractivity contribution in [2.75, 3.05) is 0 Å². The minimum absolute atomic E-state index is 0.0772. The van der Waals surface area contributed by atoms with Crippen LogP contribution in [0.5, 0.6) is 0 Å². The molecule has 1 fully saturated rings. The largest absolute Gasteiger partial charge is 0.467 e. The molecule has 0 radical (unpaired) electrons. The lowest BCUT2D eigenvalue weighted by molar-refractivity contribution is 0.239. The quantitative estimate of drug-likeness (QED) is 0.900. The van der Waals surface area contributed by atoms with Gasteiger partial charge in [0.25, 0.3) is 0 Å². The van der Waals surface area contributed by atoms with Crippen LogP contribution in [0.15, 0.2) is 47.1 Å². The van der Waals surface area contributed by atoms with Crippen molar-refractivity contribution in [3.8, 4) is 0 Å². The summed E-state index contributed by atoms with van der Waals surface area (Å²) in [5.74, 6) is 0.674. The van der Waals surface area contributed by atoms with Gasteiger partial charge in [-0.15, -0.1) is 0 Å². The van der Waals surface area contributed by atoms with Crippen LogP contribution in [0.1, 0.15) is 23.7 Å². The van der Waals surface area contributed by atoms with Gasteiger partial charge < -0.3 is 15.1 Å². The number of hydrogen-bond acceptors (Lipinski definition) is 2. The molecule has 2 amide bonds. The van der Waals surface area contributed by atoms with E-state index in [1.807, 2.05) is 6.07 Å². The second-order valence-corrected chi connectivity index (χ2v) is 4.91. The van der Waals surface area contributed by atoms with Crippen molar-refractivity contribution in [3.05, 3.63) is 59.8 Å². The van der Waals surface area contributed by atoms with E-state index in [0.29, 0.717) is 12.3 Å². The van der Waals surface area contributed by atoms with Gasteiger partial charge in [-0.1, -0.05) is 12.1 Å². The summed E-state index contributed by atoms with van der Waals surface area (Å²) in [6, 6.07) is 9.94. The molecular formula is C15H15FN2O2. The van der Waals surface area contributed by atoms with E-state index >= 15 is 0 Å². The highest BCUT2D eigenvalue weighted by Gasteiger charge is 2.39. The van der Waals surface area contributed by atoms with Crippen LogP contribution in [0.2, 0.25) is 0 Å². The number of carbonyl (C=O) groups excluding carboxylic acids is 1. The van der Waals surface area contributed by atoms with Crippen molar-refractivity contribution in [2.24, 2.45) is 0 Å². The molecule has 1 aliphatic rings. The van der Waals surface area contributed by atoms with Crippen molar-refractivity contribution in [1.29, 1.82) is 0 Å². The maximum Gasteiger partial charge on any atom is 0.315 e. The normalized spacial score (nSPS) is 20.4. The molecule has 1 aliphatic carbocycles. The third-order valence-electron chi connectivity index (χ3n) is 3.39. The summed E-state index contributed by atoms with van der Waals surface area (Å²) in [5, 5.41) is 5.59. The molecule has 20 heavy (non-hydrogen) atoms. The number of carbonyl (C=O) groups is 1. The Morgan fingerprint density at radius 2 is 2.25 bits per heavy atom. The first kappa shape index (κ1) is 12.7. The average Bonchev–Trinajstić information content (AvgIpc) is 2.99. The molecule has 0 bridgehead atoms. The minimum atomic E-state index is -0.240. The van der Waals surface area contributed by atoms with Crippen molar-refractivity contribution < 1.29 is 13.6 Å². The summed E-state index contributed by atoms with van der Waals surface area (Å²) >= 11 is 0. The Kier molecular flexibility index (Phi) is 3.41. The molecule has 2 aromatic rings. The van der Waals surface area contributed by atoms with Crippen molar-refractivity contribution in [1.82, 2.24) is 10.6 Å². The zero-order chi connectivity index (χ0) is 13.9. The highest BCUT2D eigenvalue weighted by molar-refractivity contribution is 5.74. The number of benzene rings is 1. The molecule has 3 rings (SSSR count). The van der Waals surface area contributed by atoms with Gasteiger partial charge >= 0.3 is 6.03 Å². The zero-order valence-electron chi connectivity index (χ0n) is 10.8. The Labute approximate surface area is 116 Å². The minimum Gasteiger partial charge on any atom is -0.467 e. The monoisotopic (exact) mass is 274 g/mol. The topological polar surface area (TPSA) is 54.3 Å². The van der Waals surface area contributed by atoms with Crippen LogP contribution < -0.4 is 10.6 Å². The molecule has 0 spiro atoms. The van der Waals surface area contributed by atoms with Gasteiger partial charge in [0.15, 0.2) is 0 Å². The second-order valence-electron chi connectivity index (χ2n) is 4.91. The standard InChI is InChI=1S/C15H15FN2O2/c16-11-4-1-3-10(7-11)13-8-14(13)18-15(19)17-9-12-5-2-6-20-12/h1-7,13-14H,8-9H2,(H2,17,18,19)/t13-,14-/m1/s1. The van der Waals surface area contributed by atoms with E-state index < -0.39 is 0 Å². The molecule has 0 aliphatic heterocycles. The third kappa shape index (κ3) is 2.99. The van der Waals surface area contributed by atoms with Crippen LogP contribution in [0.4, 0.5) is 9.18 Å². The Balaban J connectivity index is 1.47. The molecular weight excluding hydrogens is 259 g/mol. The van der Waals surface area contributed by atoms with E-state index in [9.17, 15) is 9.18 Å². The smallest absolute Gasteiger partial charge is 0.315 e. The van der Waals surface area contributed by atoms with E-state index in [1.165, 1.54) is 12.1 Å². The maximum absolute atomic E-state index is 13.1. The fraction of sp³-hybridized carbons (Fsp3) is 0.267. The van der Waals surface area contributed by atoms with E-state index in [1.54, 1.807) is 24.5 Å². The number of amides is 2. The van der Waals surface area contributed by atoms with Crippen LogP contribution in [-0.2, 0) is 6.54 Å². The molecule has 0 unspecified atom stereocenters. The van der Waals surface area contributed by atoms with E-state index in [2.05, 4.69) is 10.6 Å². The molecule has 5 heteroatoms. The van der Waals surface area contributed by atoms with Gasteiger partial charge in [0, 0.05) is 12.0 Å². The molecule has 2 N–H and O–H groups in total. The summed E-state index contributed by atoms with van der Waals surface area (Å²) in [5.41, 5.74) is 0.932. The van der Waals surface area contributed by atoms with Gasteiger partial charge in [0.05, 0.1) is 12.8 Å². The van der Waals surface area contributed by atoms with E-state index in [-0.39, 0.29) is 23.8 Å². The molecule has 1 saturated carbocycles. The van der Waals surface area contributed by atoms with E-state index in [0.717, 1.165) is 12.0 Å². The summed E-state index contributed by atoms with van der Waals surface area (Å²) in [6.07, 6.45) is 2.41. The summed E-state index contributed by atoms with van der Waals surface area (Å²) in [6.45, 7) is 0.357. The van der Waals surface area contributed by atoms with Crippen molar-refractivity contribution in [2.45, 2.75) is 24.9 Å². The highest BCUT2D eigenvalue weighted by Crippen LogP contribution is 2.40. The van der Waals surface area contributed by atoms with Gasteiger partial charge in [-0.2, -0.15) is 0 Å². The van der Waals surface area contributed by atoms with Crippen LogP contribution in [0.3, 0.4) is 0 Å². The van der Waals surface area contributed by atoms with Crippen LogP contribution in [0, 0.1) is 5.82 Å². The van der Waals surface area contributed by atoms with E-state index in [4.69, 9.17) is 4.42 Å². The van der Waals surface area contributed by atoms with Crippen LogP contribution in [0.25, 0.3) is 0 Å². The predicted octanol–water partition coefficient (Wildman–Crippen LogP) is 2.77. The molecule has 1 aromatic carbocycles. The SMILES string of the molecule is O=C(NCc1ccco1)N[C@@H]1C[C@@H]1c1cccc(F)c1. The first-order chi connectivity index (χ1) is 9.72. The average molecular weight is 274 g/mol. The number of nitrogens with one attached hydrogen (secondary N) is 2. The molecule has 1 heterocycles. The van der Waals surface area contributed by atoms with Crippen LogP contribution in [-0.4, -0.2) is 12.1 Å². The third-order valence-corrected chi connectivity index (χ3v) is 3.39. The van der Waals surface area contributed by atoms with Gasteiger partial charge in [-0.3, -0.25) is 0 Å². The Bertz CT molecular complexity index is 598. The zero-order valence-corrected chi connectivity index (χ0v) is 10.8. The number of furan rings is 1. The highest BCUT2D eigenvalue weighted by atomic mass is 19.1. The lowest BCUT2D eigenvalue weighted by atomic mass is 10.1. The van der Waals surface area contributed by atoms with Gasteiger partial charge in [-0.25, -0.2) is 9.18 Å². The Morgan fingerprint density at radius 1 is 1.35 bits per heavy atom. The maximum atomic E-state index is 13.1. The number of urea groups is 1. The molecule has 1 aromatic heterocycles. The second kappa shape index (κ2) is 5.36. The molecule has 4 nitrogen and oxygen atoms in total. The van der Waals surface area contributed by atoms with Crippen LogP contribution >= 0.6 is 0 Å². The lowest BCUT2D eigenvalue weighted by Gasteiger charge is -2.06. The summed E-state index contributed by atoms with van der Waals surface area (Å²) in [4.78, 5) is 11.7. The fourth-order valence-corrected chi connectivity index (χ4v) is 2.26. The summed E-state index contributed by atoms with van der Waals surface area (Å²) in [7, 11) is 0. The molecule has 0 saturated heterocycles. The Morgan fingerprint density at radius 3 is 3.00 bits per heavy atom. The number of hydrogen-bond donors (Lipinski definition) is 2. The lowest BCUT2D eigenvalue weighted by Crippen LogP contribution is -2.36. The first-order valence-electron chi connectivity index (χ1n) is 6.54. The molecule has 104 valence electrons. The van der Waals surface area contributed by atoms with Crippen molar-refractivity contribution in [3.63, 3.8) is 0 Å². The number of halogens is 1. The van der Waals surface area contributed by atoms with Crippen molar-refractivity contribution >= 4 is 6.03 Å². The summed E-state index contributed by atoms with van der Waals surface area (Å²) < 4.78 is 18.2. The predicted molar refractivity (Wildman–Crippen MR) is 71.6 cm³/mol. The van der Waals surface area contributed by atoms with Gasteiger partial charge in [0.1, 0.15) is 11.6 Å². The fourth-order valence-electron chi connectivity index (χ4n) is 2.26. The van der Waals surface area contributed by atoms with Gasteiger partial charge in [-0.05, 0) is 36.2 Å². The Hall–Kier alpha value is -2.30.